The van der Waals surface area contributed by atoms with Crippen LogP contribution in [0.1, 0.15) is 51.6 Å². The molecule has 2 heterocycles. The summed E-state index contributed by atoms with van der Waals surface area (Å²) in [5.74, 6) is 6.21. The maximum atomic E-state index is 12.1. The number of hydrogen-bond acceptors (Lipinski definition) is 4. The van der Waals surface area contributed by atoms with Crippen LogP contribution in [0.25, 0.3) is 0 Å². The van der Waals surface area contributed by atoms with E-state index in [1.165, 1.54) is 17.5 Å². The highest BCUT2D eigenvalue weighted by Crippen LogP contribution is 2.18. The Morgan fingerprint density at radius 1 is 1.12 bits per heavy atom. The maximum Gasteiger partial charge on any atom is 0.291 e. The van der Waals surface area contributed by atoms with E-state index in [1.54, 1.807) is 12.1 Å². The summed E-state index contributed by atoms with van der Waals surface area (Å²) in [6, 6.07) is 3.38. The van der Waals surface area contributed by atoms with Gasteiger partial charge in [0.1, 0.15) is 0 Å². The van der Waals surface area contributed by atoms with Crippen molar-refractivity contribution in [3.05, 3.63) is 46.8 Å². The van der Waals surface area contributed by atoms with Crippen molar-refractivity contribution in [1.29, 1.82) is 0 Å². The van der Waals surface area contributed by atoms with Gasteiger partial charge in [0, 0.05) is 49.7 Å². The number of nitrogens with zero attached hydrogens (tertiary/aromatic N) is 2. The van der Waals surface area contributed by atoms with Gasteiger partial charge in [-0.3, -0.25) is 4.79 Å². The van der Waals surface area contributed by atoms with E-state index < -0.39 is 0 Å². The number of allylic oxidation sites excluding steroid dienone is 4. The second kappa shape index (κ2) is 9.19. The zero-order chi connectivity index (χ0) is 19.1. The summed E-state index contributed by atoms with van der Waals surface area (Å²) in [5.41, 5.74) is 4.63. The summed E-state index contributed by atoms with van der Waals surface area (Å²) in [6.07, 6.45) is 2.34. The molecule has 1 aliphatic rings. The molecule has 5 heteroatoms. The highest BCUT2D eigenvalue weighted by molar-refractivity contribution is 5.92. The molecule has 1 aromatic rings. The lowest BCUT2D eigenvalue weighted by molar-refractivity contribution is 0.0936. The summed E-state index contributed by atoms with van der Waals surface area (Å²) in [5, 5.41) is 2.92. The Morgan fingerprint density at radius 2 is 1.73 bits per heavy atom. The molecule has 0 radical (unpaired) electrons. The van der Waals surface area contributed by atoms with Gasteiger partial charge in [-0.2, -0.15) is 0 Å². The van der Waals surface area contributed by atoms with Crippen molar-refractivity contribution in [2.24, 2.45) is 0 Å². The van der Waals surface area contributed by atoms with Gasteiger partial charge in [0.15, 0.2) is 5.76 Å². The molecule has 0 saturated carbocycles. The van der Waals surface area contributed by atoms with Crippen LogP contribution in [0.15, 0.2) is 45.5 Å². The molecule has 1 fully saturated rings. The number of carbonyl (C=O) groups is 1. The monoisotopic (exact) mass is 355 g/mol. The molecule has 0 aliphatic carbocycles. The molecule has 0 atom stereocenters. The number of piperazine rings is 1. The number of nitrogens with one attached hydrogen (secondary N) is 1. The van der Waals surface area contributed by atoms with Gasteiger partial charge < -0.3 is 19.5 Å². The van der Waals surface area contributed by atoms with E-state index in [0.717, 1.165) is 44.0 Å². The predicted octanol–water partition coefficient (Wildman–Crippen LogP) is 3.59. The van der Waals surface area contributed by atoms with Gasteiger partial charge in [0.2, 0.25) is 0 Å². The average Bonchev–Trinajstić information content (AvgIpc) is 3.19. The van der Waals surface area contributed by atoms with Crippen LogP contribution in [-0.2, 0) is 0 Å². The van der Waals surface area contributed by atoms with Gasteiger partial charge in [-0.15, -0.1) is 5.92 Å². The molecular weight excluding hydrogens is 326 g/mol. The number of amides is 1. The second-order valence-corrected chi connectivity index (χ2v) is 6.59. The zero-order valence-electron chi connectivity index (χ0n) is 16.5. The fourth-order valence-corrected chi connectivity index (χ4v) is 2.96. The molecule has 1 saturated heterocycles. The Morgan fingerprint density at radius 3 is 2.27 bits per heavy atom. The molecular formula is C21H29N3O2. The van der Waals surface area contributed by atoms with E-state index >= 15 is 0 Å². The molecule has 0 bridgehead atoms. The Labute approximate surface area is 156 Å². The van der Waals surface area contributed by atoms with E-state index in [4.69, 9.17) is 4.42 Å². The van der Waals surface area contributed by atoms with Crippen molar-refractivity contribution < 1.29 is 9.21 Å². The molecule has 1 amide bonds. The SMILES string of the molecule is CC#CC/C(C)=C(\C)N1CCN(/C(C)=C(/C)NC(=O)c2ccco2)CC1. The minimum absolute atomic E-state index is 0.211. The smallest absolute Gasteiger partial charge is 0.291 e. The molecule has 1 N–H and O–H groups in total. The molecule has 0 unspecified atom stereocenters. The van der Waals surface area contributed by atoms with Gasteiger partial charge in [-0.1, -0.05) is 5.92 Å². The minimum Gasteiger partial charge on any atom is -0.459 e. The van der Waals surface area contributed by atoms with E-state index in [2.05, 4.69) is 47.7 Å². The summed E-state index contributed by atoms with van der Waals surface area (Å²) < 4.78 is 5.14. The quantitative estimate of drug-likeness (QED) is 0.820. The van der Waals surface area contributed by atoms with Crippen molar-refractivity contribution in [2.45, 2.75) is 41.0 Å². The van der Waals surface area contributed by atoms with E-state index in [0.29, 0.717) is 5.76 Å². The van der Waals surface area contributed by atoms with Crippen LogP contribution in [0.3, 0.4) is 0 Å². The lowest BCUT2D eigenvalue weighted by Crippen LogP contribution is -2.45. The van der Waals surface area contributed by atoms with Gasteiger partial charge in [0.05, 0.1) is 6.26 Å². The Balaban J connectivity index is 1.95. The highest BCUT2D eigenvalue weighted by Gasteiger charge is 2.20. The first kappa shape index (κ1) is 19.7. The number of hydrogen-bond donors (Lipinski definition) is 1. The Bertz CT molecular complexity index is 740. The molecule has 5 nitrogen and oxygen atoms in total. The first-order valence-electron chi connectivity index (χ1n) is 9.02. The lowest BCUT2D eigenvalue weighted by atomic mass is 10.1. The number of rotatable bonds is 5. The fourth-order valence-electron chi connectivity index (χ4n) is 2.96. The van der Waals surface area contributed by atoms with Crippen molar-refractivity contribution in [2.75, 3.05) is 26.2 Å². The third-order valence-corrected chi connectivity index (χ3v) is 4.97. The highest BCUT2D eigenvalue weighted by atomic mass is 16.3. The summed E-state index contributed by atoms with van der Waals surface area (Å²) in [4.78, 5) is 16.9. The van der Waals surface area contributed by atoms with E-state index in [1.807, 2.05) is 13.8 Å². The third kappa shape index (κ3) is 4.95. The van der Waals surface area contributed by atoms with Crippen LogP contribution in [-0.4, -0.2) is 41.9 Å². The van der Waals surface area contributed by atoms with Crippen molar-refractivity contribution >= 4 is 5.91 Å². The first-order chi connectivity index (χ1) is 12.4. The van der Waals surface area contributed by atoms with Crippen LogP contribution in [0, 0.1) is 11.8 Å². The molecule has 26 heavy (non-hydrogen) atoms. The maximum absolute atomic E-state index is 12.1. The van der Waals surface area contributed by atoms with Crippen molar-refractivity contribution in [3.8, 4) is 11.8 Å². The van der Waals surface area contributed by atoms with Gasteiger partial charge in [-0.25, -0.2) is 0 Å². The summed E-state index contributed by atoms with van der Waals surface area (Å²) >= 11 is 0. The number of carbonyl (C=O) groups excluding carboxylic acids is 1. The second-order valence-electron chi connectivity index (χ2n) is 6.59. The van der Waals surface area contributed by atoms with Gasteiger partial charge in [0.25, 0.3) is 5.91 Å². The standard InChI is InChI=1S/C21H29N3O2/c1-6-7-9-16(2)18(4)23-11-13-24(14-12-23)19(5)17(3)22-21(25)20-10-8-15-26-20/h8,10,15H,9,11-14H2,1-5H3,(H,22,25)/b18-16+,19-17-. The Kier molecular flexibility index (Phi) is 6.97. The van der Waals surface area contributed by atoms with Crippen molar-refractivity contribution in [1.82, 2.24) is 15.1 Å². The van der Waals surface area contributed by atoms with Crippen LogP contribution in [0.4, 0.5) is 0 Å². The third-order valence-electron chi connectivity index (χ3n) is 4.97. The molecule has 140 valence electrons. The van der Waals surface area contributed by atoms with Crippen LogP contribution >= 0.6 is 0 Å². The zero-order valence-corrected chi connectivity index (χ0v) is 16.5. The predicted molar refractivity (Wildman–Crippen MR) is 104 cm³/mol. The molecule has 1 aliphatic heterocycles. The molecule has 0 spiro atoms. The van der Waals surface area contributed by atoms with Crippen LogP contribution in [0.5, 0.6) is 0 Å². The lowest BCUT2D eigenvalue weighted by Gasteiger charge is -2.39. The van der Waals surface area contributed by atoms with E-state index in [9.17, 15) is 4.79 Å². The summed E-state index contributed by atoms with van der Waals surface area (Å²) in [7, 11) is 0. The van der Waals surface area contributed by atoms with E-state index in [-0.39, 0.29) is 5.91 Å². The largest absolute Gasteiger partial charge is 0.459 e. The first-order valence-corrected chi connectivity index (χ1v) is 9.02. The van der Waals surface area contributed by atoms with Gasteiger partial charge >= 0.3 is 0 Å². The molecule has 2 rings (SSSR count). The molecule has 0 aromatic carbocycles. The van der Waals surface area contributed by atoms with Crippen molar-refractivity contribution in [3.63, 3.8) is 0 Å². The summed E-state index contributed by atoms with van der Waals surface area (Å²) in [6.45, 7) is 14.0. The number of furan rings is 1. The van der Waals surface area contributed by atoms with Crippen LogP contribution < -0.4 is 5.32 Å². The average molecular weight is 355 g/mol. The normalized spacial score (nSPS) is 16.3. The topological polar surface area (TPSA) is 48.7 Å². The van der Waals surface area contributed by atoms with Crippen LogP contribution in [0.2, 0.25) is 0 Å². The fraction of sp³-hybridized carbons (Fsp3) is 0.476. The Hall–Kier alpha value is -2.61. The minimum atomic E-state index is -0.211. The molecule has 1 aromatic heterocycles. The van der Waals surface area contributed by atoms with Gasteiger partial charge in [-0.05, 0) is 52.3 Å².